The van der Waals surface area contributed by atoms with E-state index in [1.807, 2.05) is 36.4 Å². The van der Waals surface area contributed by atoms with Crippen molar-refractivity contribution in [2.75, 3.05) is 0 Å². The summed E-state index contributed by atoms with van der Waals surface area (Å²) in [7, 11) is 0. The average Bonchev–Trinajstić information content (AvgIpc) is 3.21. The largest absolute Gasteiger partial charge is 0.207 e. The van der Waals surface area contributed by atoms with Crippen LogP contribution < -0.4 is 0 Å². The van der Waals surface area contributed by atoms with Gasteiger partial charge < -0.3 is 0 Å². The molecule has 154 valence electrons. The van der Waals surface area contributed by atoms with Gasteiger partial charge in [-0.2, -0.15) is 28.3 Å². The van der Waals surface area contributed by atoms with Gasteiger partial charge in [-0.25, -0.2) is 8.78 Å². The van der Waals surface area contributed by atoms with Gasteiger partial charge in [-0.1, -0.05) is 33.8 Å². The number of rotatable bonds is 1. The second-order valence-electron chi connectivity index (χ2n) is 7.72. The Labute approximate surface area is 194 Å². The molecule has 0 unspecified atom stereocenters. The molecule has 0 atom stereocenters. The topological polar surface area (TPSA) is 0 Å². The fourth-order valence-electron chi connectivity index (χ4n) is 3.22. The summed E-state index contributed by atoms with van der Waals surface area (Å²) in [5.41, 5.74) is 7.00. The number of hydrogen-bond acceptors (Lipinski definition) is 0. The standard InChI is InChI=1S/C15H9F2.C9H13.C2H6Si.Zr/c16-11-6-8-15(17)14(9-11)13-7-5-10-3-1-2-4-12(10)13;1-6-5-7(2)9(4)8(6)3;1-3-2;/h1-9H;5H,1-4H3;1-2H3;/q2*-1;;+2. The van der Waals surface area contributed by atoms with Gasteiger partial charge >= 0.3 is 41.9 Å². The fourth-order valence-corrected chi connectivity index (χ4v) is 3.22. The Morgan fingerprint density at radius 1 is 0.833 bits per heavy atom. The molecule has 0 fully saturated rings. The van der Waals surface area contributed by atoms with E-state index in [1.54, 1.807) is 23.3 Å². The molecule has 0 aliphatic rings. The number of fused-ring (bicyclic) bond motifs is 1. The molecule has 4 aromatic carbocycles. The molecule has 0 aromatic heterocycles. The first-order valence-corrected chi connectivity index (χ1v) is 16.1. The maximum absolute atomic E-state index is 13.7. The zero-order valence-corrected chi connectivity index (χ0v) is 22.0. The molecular formula is C26H28F2SiZr. The van der Waals surface area contributed by atoms with Crippen molar-refractivity contribution in [3.63, 3.8) is 0 Å². The molecular weight excluding hydrogens is 470 g/mol. The van der Waals surface area contributed by atoms with Crippen LogP contribution >= 0.6 is 0 Å². The molecule has 0 radical (unpaired) electrons. The predicted octanol–water partition coefficient (Wildman–Crippen LogP) is 7.93. The molecule has 30 heavy (non-hydrogen) atoms. The summed E-state index contributed by atoms with van der Waals surface area (Å²) in [5, 5.41) is 1.98. The van der Waals surface area contributed by atoms with Gasteiger partial charge in [-0.05, 0) is 23.8 Å². The Hall–Kier alpha value is -1.64. The van der Waals surface area contributed by atoms with Crippen molar-refractivity contribution < 1.29 is 32.1 Å². The van der Waals surface area contributed by atoms with Crippen LogP contribution in [0.3, 0.4) is 0 Å². The van der Waals surface area contributed by atoms with Gasteiger partial charge in [-0.3, -0.25) is 0 Å². The normalized spacial score (nSPS) is 10.2. The first-order chi connectivity index (χ1) is 14.1. The molecule has 0 spiro atoms. The second-order valence-corrected chi connectivity index (χ2v) is 17.1. The van der Waals surface area contributed by atoms with E-state index in [2.05, 4.69) is 46.9 Å². The number of aryl methyl sites for hydroxylation is 2. The van der Waals surface area contributed by atoms with E-state index in [4.69, 9.17) is 0 Å². The zero-order valence-electron chi connectivity index (χ0n) is 18.5. The second kappa shape index (κ2) is 11.1. The van der Waals surface area contributed by atoms with Crippen molar-refractivity contribution in [2.45, 2.75) is 40.8 Å². The zero-order chi connectivity index (χ0) is 22.4. The third-order valence-corrected chi connectivity index (χ3v) is 5.08. The van der Waals surface area contributed by atoms with Crippen LogP contribution in [0.2, 0.25) is 13.1 Å². The Kier molecular flexibility index (Phi) is 9.12. The Morgan fingerprint density at radius 2 is 1.40 bits per heavy atom. The first-order valence-electron chi connectivity index (χ1n) is 9.93. The Balaban J connectivity index is 0.000000207. The molecule has 0 aliphatic carbocycles. The minimum absolute atomic E-state index is 0.210. The van der Waals surface area contributed by atoms with Crippen LogP contribution in [0.5, 0.6) is 0 Å². The molecule has 0 saturated heterocycles. The number of hydrogen-bond donors (Lipinski definition) is 0. The molecule has 0 bridgehead atoms. The third-order valence-electron chi connectivity index (χ3n) is 5.08. The van der Waals surface area contributed by atoms with Crippen molar-refractivity contribution in [3.8, 4) is 11.1 Å². The molecule has 0 N–H and O–H groups in total. The fraction of sp³-hybridized carbons (Fsp3) is 0.231. The molecule has 4 heteroatoms. The van der Waals surface area contributed by atoms with Gasteiger partial charge in [0.2, 0.25) is 0 Å². The first kappa shape index (κ1) is 24.6. The molecule has 0 nitrogen and oxygen atoms in total. The maximum Gasteiger partial charge on any atom is 0.123 e. The van der Waals surface area contributed by atoms with E-state index < -0.39 is 11.6 Å². The molecule has 0 saturated carbocycles. The Bertz CT molecular complexity index is 1120. The van der Waals surface area contributed by atoms with Crippen molar-refractivity contribution >= 4 is 16.2 Å². The minimum Gasteiger partial charge on any atom is -0.207 e. The molecule has 4 rings (SSSR count). The summed E-state index contributed by atoms with van der Waals surface area (Å²) in [6.07, 6.45) is 0. The minimum atomic E-state index is -0.424. The average molecular weight is 498 g/mol. The van der Waals surface area contributed by atoms with E-state index in [1.165, 1.54) is 28.3 Å². The van der Waals surface area contributed by atoms with Gasteiger partial charge in [0.1, 0.15) is 11.6 Å². The van der Waals surface area contributed by atoms with Crippen LogP contribution in [0.25, 0.3) is 21.9 Å². The van der Waals surface area contributed by atoms with Gasteiger partial charge in [0.25, 0.3) is 0 Å². The molecule has 0 aliphatic heterocycles. The molecule has 0 heterocycles. The van der Waals surface area contributed by atoms with Crippen molar-refractivity contribution in [2.24, 2.45) is 0 Å². The van der Waals surface area contributed by atoms with Gasteiger partial charge in [0, 0.05) is 0 Å². The van der Waals surface area contributed by atoms with Crippen LogP contribution in [0, 0.1) is 39.3 Å². The van der Waals surface area contributed by atoms with Crippen molar-refractivity contribution in [1.29, 1.82) is 0 Å². The maximum atomic E-state index is 13.7. The summed E-state index contributed by atoms with van der Waals surface area (Å²) < 4.78 is 26.9. The van der Waals surface area contributed by atoms with E-state index in [0.717, 1.165) is 28.5 Å². The van der Waals surface area contributed by atoms with E-state index in [-0.39, 0.29) is 5.43 Å². The van der Waals surface area contributed by atoms with Gasteiger partial charge in [-0.15, -0.1) is 46.7 Å². The predicted molar refractivity (Wildman–Crippen MR) is 123 cm³/mol. The summed E-state index contributed by atoms with van der Waals surface area (Å²) in [4.78, 5) is 0. The summed E-state index contributed by atoms with van der Waals surface area (Å²) in [5.74, 6) is -0.825. The van der Waals surface area contributed by atoms with E-state index >= 15 is 0 Å². The van der Waals surface area contributed by atoms with Crippen LogP contribution in [0.1, 0.15) is 22.3 Å². The van der Waals surface area contributed by atoms with Crippen LogP contribution in [0.4, 0.5) is 8.78 Å². The monoisotopic (exact) mass is 496 g/mol. The SMILES string of the molecule is C[Si](C)=[Zr+2].Cc1[cH-]c(C)c(C)c1C.Fc1ccc(F)c(-c2c[cH-]c3ccccc23)c1. The smallest absolute Gasteiger partial charge is 0.123 e. The molecule has 0 amide bonds. The third kappa shape index (κ3) is 6.43. The molecule has 4 aromatic rings. The van der Waals surface area contributed by atoms with Gasteiger partial charge in [0.15, 0.2) is 0 Å². The van der Waals surface area contributed by atoms with Crippen molar-refractivity contribution in [1.82, 2.24) is 0 Å². The van der Waals surface area contributed by atoms with Crippen LogP contribution in [0.15, 0.2) is 60.7 Å². The van der Waals surface area contributed by atoms with Crippen LogP contribution in [-0.2, 0) is 23.3 Å². The van der Waals surface area contributed by atoms with Crippen molar-refractivity contribution in [3.05, 3.63) is 94.6 Å². The summed E-state index contributed by atoms with van der Waals surface area (Å²) in [6.45, 7) is 13.3. The number of halogens is 2. The quantitative estimate of drug-likeness (QED) is 0.185. The van der Waals surface area contributed by atoms with E-state index in [0.29, 0.717) is 5.56 Å². The summed E-state index contributed by atoms with van der Waals surface area (Å²) in [6, 6.07) is 17.2. The number of benzene rings is 2. The van der Waals surface area contributed by atoms with Gasteiger partial charge in [0.05, 0.1) is 0 Å². The summed E-state index contributed by atoms with van der Waals surface area (Å²) >= 11 is 1.74. The van der Waals surface area contributed by atoms with Crippen LogP contribution in [-0.4, -0.2) is 5.43 Å². The van der Waals surface area contributed by atoms with E-state index in [9.17, 15) is 8.78 Å². The Morgan fingerprint density at radius 3 is 1.93 bits per heavy atom.